The molecule has 2 aromatic heterocycles. The number of rotatable bonds is 9. The van der Waals surface area contributed by atoms with Crippen LogP contribution < -0.4 is 10.6 Å². The number of aliphatic imine (C=N–C) groups is 1. The van der Waals surface area contributed by atoms with Crippen LogP contribution in [0.4, 0.5) is 0 Å². The Bertz CT molecular complexity index is 954. The van der Waals surface area contributed by atoms with Crippen LogP contribution in [0, 0.1) is 0 Å². The lowest BCUT2D eigenvalue weighted by Gasteiger charge is -2.12. The zero-order valence-electron chi connectivity index (χ0n) is 18.2. The van der Waals surface area contributed by atoms with Gasteiger partial charge in [-0.05, 0) is 30.5 Å². The molecular weight excluding hydrogens is 380 g/mol. The molecule has 30 heavy (non-hydrogen) atoms. The molecule has 1 aromatic carbocycles. The van der Waals surface area contributed by atoms with Crippen molar-refractivity contribution in [1.82, 2.24) is 25.9 Å². The first-order chi connectivity index (χ1) is 14.7. The lowest BCUT2D eigenvalue weighted by Crippen LogP contribution is -2.36. The molecule has 0 aliphatic carbocycles. The van der Waals surface area contributed by atoms with E-state index in [1.807, 2.05) is 18.2 Å². The summed E-state index contributed by atoms with van der Waals surface area (Å²) in [6.45, 7) is 7.48. The van der Waals surface area contributed by atoms with E-state index >= 15 is 0 Å². The van der Waals surface area contributed by atoms with Gasteiger partial charge in [-0.25, -0.2) is 0 Å². The first-order valence-electron chi connectivity index (χ1n) is 10.5. The number of aromatic nitrogens is 3. The first kappa shape index (κ1) is 21.5. The van der Waals surface area contributed by atoms with Gasteiger partial charge in [0.15, 0.2) is 11.8 Å². The minimum absolute atomic E-state index is 0.550. The Balaban J connectivity index is 1.60. The highest BCUT2D eigenvalue weighted by Crippen LogP contribution is 2.19. The molecule has 0 bridgehead atoms. The van der Waals surface area contributed by atoms with Gasteiger partial charge in [0.25, 0.3) is 5.89 Å². The Kier molecular flexibility index (Phi) is 7.59. The summed E-state index contributed by atoms with van der Waals surface area (Å²) in [7, 11) is 1.76. The van der Waals surface area contributed by atoms with Gasteiger partial charge in [0, 0.05) is 44.1 Å². The molecule has 0 fully saturated rings. The maximum Gasteiger partial charge on any atom is 0.257 e. The van der Waals surface area contributed by atoms with Crippen molar-refractivity contribution in [3.63, 3.8) is 0 Å². The molecule has 0 amide bonds. The zero-order valence-corrected chi connectivity index (χ0v) is 18.2. The summed E-state index contributed by atoms with van der Waals surface area (Å²) in [6.07, 6.45) is 3.47. The van der Waals surface area contributed by atoms with Crippen molar-refractivity contribution in [2.45, 2.75) is 59.5 Å². The van der Waals surface area contributed by atoms with Crippen molar-refractivity contribution >= 4 is 5.96 Å². The number of benzene rings is 1. The third-order valence-corrected chi connectivity index (χ3v) is 4.84. The lowest BCUT2D eigenvalue weighted by molar-refractivity contribution is 0.380. The molecule has 3 rings (SSSR count). The van der Waals surface area contributed by atoms with Crippen molar-refractivity contribution in [2.75, 3.05) is 7.05 Å². The number of nitrogens with one attached hydrogen (secondary N) is 2. The summed E-state index contributed by atoms with van der Waals surface area (Å²) in [5.41, 5.74) is 4.12. The second-order valence-corrected chi connectivity index (χ2v) is 6.98. The fourth-order valence-electron chi connectivity index (χ4n) is 3.23. The van der Waals surface area contributed by atoms with Crippen LogP contribution in [0.5, 0.6) is 0 Å². The van der Waals surface area contributed by atoms with Gasteiger partial charge in [-0.2, -0.15) is 4.98 Å². The maximum atomic E-state index is 5.43. The van der Waals surface area contributed by atoms with Gasteiger partial charge in [-0.1, -0.05) is 43.2 Å². The van der Waals surface area contributed by atoms with Gasteiger partial charge in [0.05, 0.1) is 5.69 Å². The van der Waals surface area contributed by atoms with Gasteiger partial charge >= 0.3 is 0 Å². The molecule has 8 nitrogen and oxygen atoms in total. The number of guanidine groups is 1. The summed E-state index contributed by atoms with van der Waals surface area (Å²) >= 11 is 0. The van der Waals surface area contributed by atoms with Gasteiger partial charge in [0.2, 0.25) is 0 Å². The molecule has 0 unspecified atom stereocenters. The highest BCUT2D eigenvalue weighted by molar-refractivity contribution is 5.79. The summed E-state index contributed by atoms with van der Waals surface area (Å²) in [5.74, 6) is 2.93. The normalized spacial score (nSPS) is 11.7. The third-order valence-electron chi connectivity index (χ3n) is 4.84. The van der Waals surface area contributed by atoms with Crippen molar-refractivity contribution < 1.29 is 9.05 Å². The highest BCUT2D eigenvalue weighted by atomic mass is 16.5. The minimum Gasteiger partial charge on any atom is -0.361 e. The van der Waals surface area contributed by atoms with E-state index in [1.165, 1.54) is 0 Å². The van der Waals surface area contributed by atoms with E-state index < -0.39 is 0 Å². The third kappa shape index (κ3) is 5.25. The molecule has 160 valence electrons. The van der Waals surface area contributed by atoms with Crippen LogP contribution in [0.15, 0.2) is 38.3 Å². The SMILES string of the molecule is CCCc1noc(-c2cccc(CNC(=NC)NCc3c(CC)noc3CC)c2)n1. The van der Waals surface area contributed by atoms with Gasteiger partial charge in [-0.15, -0.1) is 0 Å². The van der Waals surface area contributed by atoms with Crippen LogP contribution in [0.1, 0.15) is 55.6 Å². The van der Waals surface area contributed by atoms with Crippen LogP contribution in [0.3, 0.4) is 0 Å². The second-order valence-electron chi connectivity index (χ2n) is 6.98. The highest BCUT2D eigenvalue weighted by Gasteiger charge is 2.14. The Labute approximate surface area is 177 Å². The van der Waals surface area contributed by atoms with Crippen LogP contribution in [-0.4, -0.2) is 28.3 Å². The van der Waals surface area contributed by atoms with Crippen molar-refractivity contribution in [2.24, 2.45) is 4.99 Å². The number of hydrogen-bond acceptors (Lipinski definition) is 6. The van der Waals surface area contributed by atoms with Crippen molar-refractivity contribution in [3.05, 3.63) is 52.7 Å². The van der Waals surface area contributed by atoms with Crippen LogP contribution in [0.25, 0.3) is 11.5 Å². The van der Waals surface area contributed by atoms with Crippen LogP contribution in [0.2, 0.25) is 0 Å². The molecule has 0 radical (unpaired) electrons. The molecular formula is C22H30N6O2. The Morgan fingerprint density at radius 2 is 1.87 bits per heavy atom. The molecule has 0 spiro atoms. The van der Waals surface area contributed by atoms with Gasteiger partial charge in [0.1, 0.15) is 5.76 Å². The molecule has 0 saturated carbocycles. The minimum atomic E-state index is 0.550. The maximum absolute atomic E-state index is 5.43. The summed E-state index contributed by atoms with van der Waals surface area (Å²) in [6, 6.07) is 8.07. The van der Waals surface area contributed by atoms with Gasteiger partial charge < -0.3 is 19.7 Å². The molecule has 0 atom stereocenters. The average molecular weight is 411 g/mol. The Morgan fingerprint density at radius 1 is 1.03 bits per heavy atom. The summed E-state index contributed by atoms with van der Waals surface area (Å²) in [5, 5.41) is 14.9. The van der Waals surface area contributed by atoms with E-state index in [0.29, 0.717) is 24.9 Å². The molecule has 8 heteroatoms. The molecule has 0 aliphatic heterocycles. The van der Waals surface area contributed by atoms with E-state index in [-0.39, 0.29) is 0 Å². The molecule has 2 N–H and O–H groups in total. The Morgan fingerprint density at radius 3 is 2.60 bits per heavy atom. The second kappa shape index (κ2) is 10.6. The summed E-state index contributed by atoms with van der Waals surface area (Å²) in [4.78, 5) is 8.78. The van der Waals surface area contributed by atoms with Gasteiger partial charge in [-0.3, -0.25) is 4.99 Å². The molecule has 3 aromatic rings. The first-order valence-corrected chi connectivity index (χ1v) is 10.5. The number of hydrogen-bond donors (Lipinski definition) is 2. The zero-order chi connectivity index (χ0) is 21.3. The topological polar surface area (TPSA) is 101 Å². The van der Waals surface area contributed by atoms with Crippen molar-refractivity contribution in [1.29, 1.82) is 0 Å². The number of nitrogens with zero attached hydrogens (tertiary/aromatic N) is 4. The summed E-state index contributed by atoms with van der Waals surface area (Å²) < 4.78 is 10.8. The monoisotopic (exact) mass is 410 g/mol. The quantitative estimate of drug-likeness (QED) is 0.410. The predicted octanol–water partition coefficient (Wildman–Crippen LogP) is 3.67. The number of aryl methyl sites for hydroxylation is 3. The van der Waals surface area contributed by atoms with E-state index in [0.717, 1.165) is 59.7 Å². The fourth-order valence-corrected chi connectivity index (χ4v) is 3.23. The largest absolute Gasteiger partial charge is 0.361 e. The van der Waals surface area contributed by atoms with E-state index in [9.17, 15) is 0 Å². The van der Waals surface area contributed by atoms with Crippen molar-refractivity contribution in [3.8, 4) is 11.5 Å². The molecule has 0 saturated heterocycles. The fraction of sp³-hybridized carbons (Fsp3) is 0.455. The van der Waals surface area contributed by atoms with Crippen LogP contribution >= 0.6 is 0 Å². The van der Waals surface area contributed by atoms with E-state index in [4.69, 9.17) is 9.05 Å². The van der Waals surface area contributed by atoms with E-state index in [1.54, 1.807) is 7.05 Å². The molecule has 2 heterocycles. The smallest absolute Gasteiger partial charge is 0.257 e. The molecule has 0 aliphatic rings. The average Bonchev–Trinajstić information content (AvgIpc) is 3.41. The Hall–Kier alpha value is -3.16. The van der Waals surface area contributed by atoms with Crippen LogP contribution in [-0.2, 0) is 32.4 Å². The lowest BCUT2D eigenvalue weighted by atomic mass is 10.1. The predicted molar refractivity (Wildman–Crippen MR) is 116 cm³/mol. The van der Waals surface area contributed by atoms with E-state index in [2.05, 4.69) is 57.8 Å². The standard InChI is InChI=1S/C22H30N6O2/c1-5-9-20-26-21(30-28-20)16-11-8-10-15(12-16)13-24-22(23-4)25-14-17-18(6-2)27-29-19(17)7-3/h8,10-12H,5-7,9,13-14H2,1-4H3,(H2,23,24,25).